The van der Waals surface area contributed by atoms with Gasteiger partial charge in [-0.2, -0.15) is 0 Å². The molecule has 11 heteroatoms. The second-order valence-electron chi connectivity index (χ2n) is 8.60. The quantitative estimate of drug-likeness (QED) is 0.404. The molecule has 1 N–H and O–H groups in total. The van der Waals surface area contributed by atoms with Crippen molar-refractivity contribution in [3.05, 3.63) is 77.3 Å². The van der Waals surface area contributed by atoms with Crippen molar-refractivity contribution in [2.45, 2.75) is 24.3 Å². The summed E-state index contributed by atoms with van der Waals surface area (Å²) in [6, 6.07) is 17.8. The van der Waals surface area contributed by atoms with Crippen molar-refractivity contribution in [1.29, 1.82) is 0 Å². The first-order valence-corrected chi connectivity index (χ1v) is 13.7. The molecule has 0 spiro atoms. The van der Waals surface area contributed by atoms with E-state index in [9.17, 15) is 18.0 Å². The Kier molecular flexibility index (Phi) is 8.43. The fourth-order valence-electron chi connectivity index (χ4n) is 4.17. The third-order valence-corrected chi connectivity index (χ3v) is 8.15. The van der Waals surface area contributed by atoms with E-state index in [0.717, 1.165) is 22.0 Å². The van der Waals surface area contributed by atoms with Crippen LogP contribution in [-0.4, -0.2) is 47.5 Å². The van der Waals surface area contributed by atoms with Crippen molar-refractivity contribution in [2.24, 2.45) is 0 Å². The first kappa shape index (κ1) is 27.3. The summed E-state index contributed by atoms with van der Waals surface area (Å²) < 4.78 is 38.9. The number of carbonyl (C=O) groups is 2. The number of hydrogen-bond acceptors (Lipinski definition) is 6. The zero-order valence-corrected chi connectivity index (χ0v) is 22.6. The van der Waals surface area contributed by atoms with Crippen LogP contribution in [0.25, 0.3) is 0 Å². The summed E-state index contributed by atoms with van der Waals surface area (Å²) in [6.45, 7) is 0.362. The Morgan fingerprint density at radius 1 is 1.03 bits per heavy atom. The molecular formula is C27H28ClN3O6S. The summed E-state index contributed by atoms with van der Waals surface area (Å²) in [5.74, 6) is 0.183. The van der Waals surface area contributed by atoms with Crippen molar-refractivity contribution in [1.82, 2.24) is 5.32 Å². The maximum Gasteiger partial charge on any atom is 0.264 e. The summed E-state index contributed by atoms with van der Waals surface area (Å²) in [4.78, 5) is 26.8. The van der Waals surface area contributed by atoms with Gasteiger partial charge in [-0.25, -0.2) is 8.42 Å². The monoisotopic (exact) mass is 557 g/mol. The smallest absolute Gasteiger partial charge is 0.264 e. The zero-order valence-electron chi connectivity index (χ0n) is 21.0. The van der Waals surface area contributed by atoms with Crippen LogP contribution in [0, 0.1) is 0 Å². The third-order valence-electron chi connectivity index (χ3n) is 6.13. The predicted octanol–water partition coefficient (Wildman–Crippen LogP) is 4.00. The van der Waals surface area contributed by atoms with E-state index >= 15 is 0 Å². The molecule has 0 aromatic heterocycles. The van der Waals surface area contributed by atoms with Gasteiger partial charge in [0.2, 0.25) is 11.8 Å². The van der Waals surface area contributed by atoms with Crippen LogP contribution in [0.5, 0.6) is 11.5 Å². The van der Waals surface area contributed by atoms with E-state index in [1.165, 1.54) is 44.6 Å². The molecule has 0 atom stereocenters. The highest BCUT2D eigenvalue weighted by Crippen LogP contribution is 2.32. The van der Waals surface area contributed by atoms with Crippen molar-refractivity contribution in [3.8, 4) is 11.5 Å². The second-order valence-corrected chi connectivity index (χ2v) is 10.9. The average molecular weight is 558 g/mol. The Morgan fingerprint density at radius 3 is 2.42 bits per heavy atom. The minimum atomic E-state index is -4.18. The summed E-state index contributed by atoms with van der Waals surface area (Å²) in [7, 11) is -1.31. The average Bonchev–Trinajstić information content (AvgIpc) is 3.36. The standard InChI is InChI=1S/C27H28ClN3O6S/c1-36-24-13-12-23(16-25(24)37-2)38(34,35)31(21-10-8-20(28)9-11-21)18-26(32)29-17-19-5-3-6-22(15-19)30-14-4-7-27(30)33/h3,5-6,8-13,15-16H,4,7,14,17-18H2,1-2H3,(H,29,32). The number of hydrogen-bond donors (Lipinski definition) is 1. The molecule has 4 rings (SSSR count). The molecule has 200 valence electrons. The highest BCUT2D eigenvalue weighted by atomic mass is 35.5. The molecule has 1 heterocycles. The van der Waals surface area contributed by atoms with Gasteiger partial charge in [0.25, 0.3) is 10.0 Å². The summed E-state index contributed by atoms with van der Waals surface area (Å²) in [6.07, 6.45) is 1.34. The molecular weight excluding hydrogens is 530 g/mol. The maximum atomic E-state index is 13.7. The molecule has 3 aromatic carbocycles. The number of nitrogens with zero attached hydrogens (tertiary/aromatic N) is 2. The lowest BCUT2D eigenvalue weighted by Gasteiger charge is -2.24. The van der Waals surface area contributed by atoms with Crippen LogP contribution in [0.15, 0.2) is 71.6 Å². The van der Waals surface area contributed by atoms with Gasteiger partial charge in [-0.15, -0.1) is 0 Å². The largest absolute Gasteiger partial charge is 0.493 e. The Balaban J connectivity index is 1.55. The number of amides is 2. The maximum absolute atomic E-state index is 13.7. The summed E-state index contributed by atoms with van der Waals surface area (Å²) in [5, 5.41) is 3.21. The van der Waals surface area contributed by atoms with Gasteiger partial charge < -0.3 is 19.7 Å². The Labute approximate surface area is 227 Å². The molecule has 38 heavy (non-hydrogen) atoms. The van der Waals surface area contributed by atoms with Crippen LogP contribution in [0.2, 0.25) is 5.02 Å². The lowest BCUT2D eigenvalue weighted by atomic mass is 10.2. The molecule has 0 aliphatic carbocycles. The topological polar surface area (TPSA) is 105 Å². The summed E-state index contributed by atoms with van der Waals surface area (Å²) >= 11 is 6.01. The first-order chi connectivity index (χ1) is 18.2. The number of benzene rings is 3. The van der Waals surface area contributed by atoms with Gasteiger partial charge in [-0.3, -0.25) is 13.9 Å². The zero-order chi connectivity index (χ0) is 27.3. The van der Waals surface area contributed by atoms with Gasteiger partial charge >= 0.3 is 0 Å². The van der Waals surface area contributed by atoms with Crippen LogP contribution < -0.4 is 24.0 Å². The molecule has 1 aliphatic rings. The number of ether oxygens (including phenoxy) is 2. The van der Waals surface area contributed by atoms with Crippen LogP contribution >= 0.6 is 11.6 Å². The number of methoxy groups -OCH3 is 2. The number of sulfonamides is 1. The Bertz CT molecular complexity index is 1430. The fourth-order valence-corrected chi connectivity index (χ4v) is 5.73. The molecule has 1 aliphatic heterocycles. The number of rotatable bonds is 10. The van der Waals surface area contributed by atoms with Gasteiger partial charge in [0, 0.05) is 36.3 Å². The lowest BCUT2D eigenvalue weighted by molar-refractivity contribution is -0.120. The molecule has 9 nitrogen and oxygen atoms in total. The number of carbonyl (C=O) groups excluding carboxylic acids is 2. The van der Waals surface area contributed by atoms with Crippen molar-refractivity contribution >= 4 is 44.8 Å². The van der Waals surface area contributed by atoms with Gasteiger partial charge in [0.1, 0.15) is 6.54 Å². The number of anilines is 2. The normalized spacial score (nSPS) is 13.3. The highest BCUT2D eigenvalue weighted by Gasteiger charge is 2.28. The van der Waals surface area contributed by atoms with E-state index in [1.54, 1.807) is 17.0 Å². The van der Waals surface area contributed by atoms with E-state index in [2.05, 4.69) is 5.32 Å². The minimum absolute atomic E-state index is 0.0686. The van der Waals surface area contributed by atoms with E-state index in [-0.39, 0.29) is 28.8 Å². The highest BCUT2D eigenvalue weighted by molar-refractivity contribution is 7.92. The molecule has 1 saturated heterocycles. The van der Waals surface area contributed by atoms with Crippen molar-refractivity contribution in [2.75, 3.05) is 36.5 Å². The fraction of sp³-hybridized carbons (Fsp3) is 0.259. The van der Waals surface area contributed by atoms with Gasteiger partial charge in [0.05, 0.1) is 24.8 Å². The van der Waals surface area contributed by atoms with E-state index in [4.69, 9.17) is 21.1 Å². The van der Waals surface area contributed by atoms with Crippen LogP contribution in [0.1, 0.15) is 18.4 Å². The number of nitrogens with one attached hydrogen (secondary N) is 1. The third kappa shape index (κ3) is 6.03. The Morgan fingerprint density at radius 2 is 1.76 bits per heavy atom. The van der Waals surface area contributed by atoms with Gasteiger partial charge in [0.15, 0.2) is 11.5 Å². The summed E-state index contributed by atoms with van der Waals surface area (Å²) in [5.41, 5.74) is 1.84. The second kappa shape index (κ2) is 11.7. The van der Waals surface area contributed by atoms with Crippen molar-refractivity contribution in [3.63, 3.8) is 0 Å². The SMILES string of the molecule is COc1ccc(S(=O)(=O)N(CC(=O)NCc2cccc(N3CCCC3=O)c2)c2ccc(Cl)cc2)cc1OC. The molecule has 0 saturated carbocycles. The van der Waals surface area contributed by atoms with Crippen LogP contribution in [0.3, 0.4) is 0 Å². The molecule has 0 bridgehead atoms. The molecule has 0 radical (unpaired) electrons. The molecule has 3 aromatic rings. The molecule has 1 fully saturated rings. The first-order valence-electron chi connectivity index (χ1n) is 11.9. The van der Waals surface area contributed by atoms with E-state index in [1.807, 2.05) is 24.3 Å². The Hall–Kier alpha value is -3.76. The lowest BCUT2D eigenvalue weighted by Crippen LogP contribution is -2.40. The minimum Gasteiger partial charge on any atom is -0.493 e. The van der Waals surface area contributed by atoms with Crippen LogP contribution in [0.4, 0.5) is 11.4 Å². The van der Waals surface area contributed by atoms with E-state index in [0.29, 0.717) is 23.7 Å². The van der Waals surface area contributed by atoms with Gasteiger partial charge in [-0.1, -0.05) is 23.7 Å². The van der Waals surface area contributed by atoms with E-state index < -0.39 is 22.5 Å². The van der Waals surface area contributed by atoms with Crippen molar-refractivity contribution < 1.29 is 27.5 Å². The predicted molar refractivity (Wildman–Crippen MR) is 145 cm³/mol. The molecule has 2 amide bonds. The van der Waals surface area contributed by atoms with Crippen LogP contribution in [-0.2, 0) is 26.2 Å². The number of halogens is 1. The molecule has 0 unspecified atom stereocenters. The van der Waals surface area contributed by atoms with Gasteiger partial charge in [-0.05, 0) is 60.5 Å².